The van der Waals surface area contributed by atoms with Crippen LogP contribution in [0.25, 0.3) is 0 Å². The molecule has 6 nitrogen and oxygen atoms in total. The normalized spacial score (nSPS) is 17.0. The maximum atomic E-state index is 11.5. The molecule has 2 aromatic carbocycles. The van der Waals surface area contributed by atoms with Crippen LogP contribution in [0.5, 0.6) is 11.5 Å². The number of benzene rings is 2. The zero-order valence-electron chi connectivity index (χ0n) is 16.0. The number of hydrogen-bond donors (Lipinski definition) is 3. The Morgan fingerprint density at radius 2 is 1.50 bits per heavy atom. The molecule has 0 amide bonds. The molecule has 0 saturated heterocycles. The topological polar surface area (TPSA) is 93.4 Å². The zero-order chi connectivity index (χ0) is 20.0. The largest absolute Gasteiger partial charge is 0.508 e. The maximum absolute atomic E-state index is 11.5. The molecule has 0 bridgehead atoms. The molecule has 28 heavy (non-hydrogen) atoms. The molecular weight excluding hydrogens is 356 g/mol. The Morgan fingerprint density at radius 3 is 2.07 bits per heavy atom. The lowest BCUT2D eigenvalue weighted by Crippen LogP contribution is -2.43. The minimum Gasteiger partial charge on any atom is -0.508 e. The number of aliphatic hydroxyl groups is 1. The molecular formula is C22H28N2O4. The molecule has 2 aromatic rings. The summed E-state index contributed by atoms with van der Waals surface area (Å²) in [6.45, 7) is 0.752. The highest BCUT2D eigenvalue weighted by Gasteiger charge is 2.39. The van der Waals surface area contributed by atoms with E-state index in [1.165, 1.54) is 5.01 Å². The van der Waals surface area contributed by atoms with E-state index in [1.807, 2.05) is 24.3 Å². The third-order valence-electron chi connectivity index (χ3n) is 5.77. The summed E-state index contributed by atoms with van der Waals surface area (Å²) in [5.74, 6) is 0.128. The standard InChI is InChI=1S/C22H28N2O4/c25-19-8-4-17(5-9-19)12-15-24(23-28)16-21(18-6-10-20(26)11-7-18)22(27)13-2-1-3-14-22/h4-11,21,25-27H,1-3,12-16H2. The zero-order valence-corrected chi connectivity index (χ0v) is 16.0. The highest BCUT2D eigenvalue weighted by Crippen LogP contribution is 2.40. The number of phenols is 2. The van der Waals surface area contributed by atoms with Gasteiger partial charge in [-0.05, 0) is 54.7 Å². The van der Waals surface area contributed by atoms with E-state index < -0.39 is 5.60 Å². The van der Waals surface area contributed by atoms with Gasteiger partial charge in [0.25, 0.3) is 0 Å². The van der Waals surface area contributed by atoms with Crippen molar-refractivity contribution < 1.29 is 15.3 Å². The van der Waals surface area contributed by atoms with Gasteiger partial charge >= 0.3 is 0 Å². The van der Waals surface area contributed by atoms with E-state index in [4.69, 9.17) is 0 Å². The van der Waals surface area contributed by atoms with Crippen molar-refractivity contribution in [1.82, 2.24) is 5.01 Å². The van der Waals surface area contributed by atoms with Crippen molar-refractivity contribution in [1.29, 1.82) is 0 Å². The molecule has 0 radical (unpaired) electrons. The summed E-state index contributed by atoms with van der Waals surface area (Å²) >= 11 is 0. The first-order valence-electron chi connectivity index (χ1n) is 9.87. The van der Waals surface area contributed by atoms with E-state index >= 15 is 0 Å². The van der Waals surface area contributed by atoms with Crippen LogP contribution in [0, 0.1) is 4.91 Å². The van der Waals surface area contributed by atoms with Gasteiger partial charge in [0.2, 0.25) is 0 Å². The molecule has 3 rings (SSSR count). The Morgan fingerprint density at radius 1 is 0.929 bits per heavy atom. The van der Waals surface area contributed by atoms with Crippen LogP contribution < -0.4 is 0 Å². The van der Waals surface area contributed by atoms with Gasteiger partial charge in [-0.25, -0.2) is 0 Å². The summed E-state index contributed by atoms with van der Waals surface area (Å²) in [5, 5.41) is 35.0. The lowest BCUT2D eigenvalue weighted by molar-refractivity contribution is -0.0309. The molecule has 1 atom stereocenters. The van der Waals surface area contributed by atoms with Crippen molar-refractivity contribution in [2.45, 2.75) is 50.0 Å². The minimum absolute atomic E-state index is 0.177. The van der Waals surface area contributed by atoms with Crippen molar-refractivity contribution in [3.05, 3.63) is 64.6 Å². The minimum atomic E-state index is -0.878. The maximum Gasteiger partial charge on any atom is 0.115 e. The lowest BCUT2D eigenvalue weighted by atomic mass is 9.72. The van der Waals surface area contributed by atoms with Gasteiger partial charge in [0.05, 0.1) is 10.9 Å². The number of nitroso groups, excluding NO2 is 1. The van der Waals surface area contributed by atoms with Crippen molar-refractivity contribution in [2.75, 3.05) is 13.1 Å². The van der Waals surface area contributed by atoms with Crippen LogP contribution in [0.15, 0.2) is 53.8 Å². The number of rotatable bonds is 8. The summed E-state index contributed by atoms with van der Waals surface area (Å²) < 4.78 is 0. The van der Waals surface area contributed by atoms with E-state index in [0.717, 1.165) is 30.4 Å². The van der Waals surface area contributed by atoms with Crippen LogP contribution in [-0.4, -0.2) is 39.0 Å². The van der Waals surface area contributed by atoms with Crippen LogP contribution in [0.3, 0.4) is 0 Å². The smallest absolute Gasteiger partial charge is 0.115 e. The Hall–Kier alpha value is -2.60. The van der Waals surface area contributed by atoms with E-state index in [1.54, 1.807) is 24.3 Å². The third kappa shape index (κ3) is 5.01. The Kier molecular flexibility index (Phi) is 6.52. The molecule has 0 aromatic heterocycles. The Bertz CT molecular complexity index is 755. The second-order valence-corrected chi connectivity index (χ2v) is 7.72. The van der Waals surface area contributed by atoms with E-state index in [-0.39, 0.29) is 17.4 Å². The molecule has 0 spiro atoms. The fraction of sp³-hybridized carbons (Fsp3) is 0.455. The molecule has 1 unspecified atom stereocenters. The van der Waals surface area contributed by atoms with Gasteiger partial charge in [0.1, 0.15) is 11.5 Å². The first kappa shape index (κ1) is 20.1. The van der Waals surface area contributed by atoms with Crippen molar-refractivity contribution in [3.63, 3.8) is 0 Å². The summed E-state index contributed by atoms with van der Waals surface area (Å²) in [6.07, 6.45) is 5.06. The van der Waals surface area contributed by atoms with E-state index in [9.17, 15) is 20.2 Å². The second kappa shape index (κ2) is 9.06. The Balaban J connectivity index is 1.75. The average Bonchev–Trinajstić information content (AvgIpc) is 2.71. The van der Waals surface area contributed by atoms with Gasteiger partial charge in [-0.15, -0.1) is 4.91 Å². The fourth-order valence-electron chi connectivity index (χ4n) is 4.10. The van der Waals surface area contributed by atoms with Gasteiger partial charge in [-0.3, -0.25) is 5.01 Å². The molecule has 6 heteroatoms. The van der Waals surface area contributed by atoms with Crippen molar-refractivity contribution >= 4 is 0 Å². The van der Waals surface area contributed by atoms with Gasteiger partial charge in [-0.1, -0.05) is 43.5 Å². The van der Waals surface area contributed by atoms with Crippen LogP contribution >= 0.6 is 0 Å². The van der Waals surface area contributed by atoms with Gasteiger partial charge in [-0.2, -0.15) is 0 Å². The SMILES string of the molecule is O=NN(CCc1ccc(O)cc1)CC(c1ccc(O)cc1)C1(O)CCCCC1. The molecule has 1 fully saturated rings. The first-order valence-corrected chi connectivity index (χ1v) is 9.87. The number of nitrogens with zero attached hydrogens (tertiary/aromatic N) is 2. The molecule has 1 aliphatic carbocycles. The molecule has 3 N–H and O–H groups in total. The summed E-state index contributed by atoms with van der Waals surface area (Å²) in [4.78, 5) is 11.5. The quantitative estimate of drug-likeness (QED) is 0.471. The number of phenolic OH excluding ortho intramolecular Hbond substituents is 2. The van der Waals surface area contributed by atoms with Gasteiger partial charge in [0.15, 0.2) is 0 Å². The van der Waals surface area contributed by atoms with Crippen LogP contribution in [0.2, 0.25) is 0 Å². The van der Waals surface area contributed by atoms with Crippen molar-refractivity contribution in [3.8, 4) is 11.5 Å². The monoisotopic (exact) mass is 384 g/mol. The number of hydrogen-bond acceptors (Lipinski definition) is 5. The van der Waals surface area contributed by atoms with E-state index in [0.29, 0.717) is 32.4 Å². The molecule has 0 aliphatic heterocycles. The second-order valence-electron chi connectivity index (χ2n) is 7.72. The molecule has 1 saturated carbocycles. The van der Waals surface area contributed by atoms with Crippen LogP contribution in [0.1, 0.15) is 49.1 Å². The molecule has 150 valence electrons. The van der Waals surface area contributed by atoms with E-state index in [2.05, 4.69) is 5.29 Å². The lowest BCUT2D eigenvalue weighted by Gasteiger charge is -2.40. The number of aromatic hydroxyl groups is 2. The summed E-state index contributed by atoms with van der Waals surface area (Å²) in [7, 11) is 0. The fourth-order valence-corrected chi connectivity index (χ4v) is 4.10. The predicted octanol–water partition coefficient (Wildman–Crippen LogP) is 4.10. The molecule has 0 heterocycles. The predicted molar refractivity (Wildman–Crippen MR) is 108 cm³/mol. The summed E-state index contributed by atoms with van der Waals surface area (Å²) in [6, 6.07) is 13.8. The molecule has 1 aliphatic rings. The van der Waals surface area contributed by atoms with Gasteiger partial charge < -0.3 is 15.3 Å². The Labute approximate surface area is 165 Å². The summed E-state index contributed by atoms with van der Waals surface area (Å²) in [5.41, 5.74) is 1.03. The average molecular weight is 384 g/mol. The van der Waals surface area contributed by atoms with Crippen molar-refractivity contribution in [2.24, 2.45) is 5.29 Å². The van der Waals surface area contributed by atoms with Crippen LogP contribution in [-0.2, 0) is 6.42 Å². The highest BCUT2D eigenvalue weighted by atomic mass is 16.3. The van der Waals surface area contributed by atoms with Crippen LogP contribution in [0.4, 0.5) is 0 Å². The van der Waals surface area contributed by atoms with Gasteiger partial charge in [0, 0.05) is 19.0 Å². The third-order valence-corrected chi connectivity index (χ3v) is 5.77. The first-order chi connectivity index (χ1) is 13.5. The highest BCUT2D eigenvalue weighted by molar-refractivity contribution is 5.31.